The third-order valence-electron chi connectivity index (χ3n) is 3.83. The second-order valence-corrected chi connectivity index (χ2v) is 6.11. The number of benzene rings is 2. The van der Waals surface area contributed by atoms with E-state index in [0.29, 0.717) is 17.2 Å². The molecule has 2 aromatic carbocycles. The second-order valence-electron chi connectivity index (χ2n) is 6.11. The van der Waals surface area contributed by atoms with Crippen molar-refractivity contribution in [2.45, 2.75) is 13.2 Å². The monoisotopic (exact) mass is 397 g/mol. The molecular formula is C21H20FN3O4. The maximum Gasteiger partial charge on any atom is 0.315 e. The molecule has 0 aliphatic heterocycles. The Balaban J connectivity index is 1.42. The van der Waals surface area contributed by atoms with Crippen LogP contribution in [0.5, 0.6) is 5.75 Å². The van der Waals surface area contributed by atoms with Gasteiger partial charge in [0.2, 0.25) is 5.91 Å². The lowest BCUT2D eigenvalue weighted by atomic mass is 10.2. The van der Waals surface area contributed by atoms with Crippen molar-refractivity contribution < 1.29 is 23.1 Å². The maximum atomic E-state index is 13.2. The average Bonchev–Trinajstić information content (AvgIpc) is 3.23. The number of hydrogen-bond donors (Lipinski definition) is 3. The van der Waals surface area contributed by atoms with E-state index in [1.165, 1.54) is 18.4 Å². The van der Waals surface area contributed by atoms with E-state index in [1.54, 1.807) is 42.5 Å². The van der Waals surface area contributed by atoms with Gasteiger partial charge in [0.05, 0.1) is 19.4 Å². The molecule has 0 aliphatic carbocycles. The van der Waals surface area contributed by atoms with Crippen LogP contribution in [0.2, 0.25) is 0 Å². The molecule has 0 aliphatic rings. The lowest BCUT2D eigenvalue weighted by Crippen LogP contribution is -2.39. The highest BCUT2D eigenvalue weighted by Crippen LogP contribution is 2.16. The summed E-state index contributed by atoms with van der Waals surface area (Å²) in [4.78, 5) is 23.7. The molecule has 150 valence electrons. The molecular weight excluding hydrogens is 377 g/mol. The first-order valence-corrected chi connectivity index (χ1v) is 8.90. The summed E-state index contributed by atoms with van der Waals surface area (Å²) in [6, 6.07) is 15.9. The third-order valence-corrected chi connectivity index (χ3v) is 3.83. The van der Waals surface area contributed by atoms with Gasteiger partial charge in [-0.15, -0.1) is 0 Å². The van der Waals surface area contributed by atoms with E-state index in [0.717, 1.165) is 5.56 Å². The molecule has 7 nitrogen and oxygen atoms in total. The largest absolute Gasteiger partial charge is 0.489 e. The Morgan fingerprint density at radius 3 is 2.66 bits per heavy atom. The van der Waals surface area contributed by atoms with Gasteiger partial charge in [0.1, 0.15) is 23.9 Å². The summed E-state index contributed by atoms with van der Waals surface area (Å²) in [7, 11) is 0. The van der Waals surface area contributed by atoms with Crippen molar-refractivity contribution in [1.29, 1.82) is 0 Å². The van der Waals surface area contributed by atoms with Gasteiger partial charge in [0.15, 0.2) is 0 Å². The van der Waals surface area contributed by atoms with E-state index in [2.05, 4.69) is 16.0 Å². The molecule has 3 N–H and O–H groups in total. The molecule has 1 aromatic heterocycles. The van der Waals surface area contributed by atoms with Crippen LogP contribution in [-0.4, -0.2) is 18.5 Å². The number of urea groups is 1. The van der Waals surface area contributed by atoms with Crippen molar-refractivity contribution in [3.05, 3.63) is 84.1 Å². The Kier molecular flexibility index (Phi) is 6.83. The van der Waals surface area contributed by atoms with Crippen molar-refractivity contribution in [1.82, 2.24) is 10.6 Å². The summed E-state index contributed by atoms with van der Waals surface area (Å²) >= 11 is 0. The zero-order valence-corrected chi connectivity index (χ0v) is 15.5. The summed E-state index contributed by atoms with van der Waals surface area (Å²) in [5.41, 5.74) is 1.37. The molecule has 0 atom stereocenters. The standard InChI is InChI=1S/C21H20FN3O4/c22-16-5-2-7-18(11-16)29-14-15-4-1-6-17(10-15)25-20(26)13-24-21(27)23-12-19-8-3-9-28-19/h1-11H,12-14H2,(H,25,26)(H2,23,24,27). The van der Waals surface area contributed by atoms with Gasteiger partial charge in [-0.2, -0.15) is 0 Å². The van der Waals surface area contributed by atoms with Gasteiger partial charge in [0, 0.05) is 11.8 Å². The summed E-state index contributed by atoms with van der Waals surface area (Å²) in [6.45, 7) is 0.266. The predicted molar refractivity (Wildman–Crippen MR) is 105 cm³/mol. The molecule has 29 heavy (non-hydrogen) atoms. The van der Waals surface area contributed by atoms with E-state index in [1.807, 2.05) is 6.07 Å². The number of amides is 3. The highest BCUT2D eigenvalue weighted by molar-refractivity contribution is 5.94. The van der Waals surface area contributed by atoms with E-state index in [4.69, 9.17) is 9.15 Å². The minimum atomic E-state index is -0.478. The number of carbonyl (C=O) groups is 2. The molecule has 3 aromatic rings. The predicted octanol–water partition coefficient (Wildman–Crippen LogP) is 3.44. The molecule has 3 rings (SSSR count). The van der Waals surface area contributed by atoms with Crippen LogP contribution in [0.4, 0.5) is 14.9 Å². The van der Waals surface area contributed by atoms with Crippen molar-refractivity contribution in [2.24, 2.45) is 0 Å². The van der Waals surface area contributed by atoms with Gasteiger partial charge >= 0.3 is 6.03 Å². The quantitative estimate of drug-likeness (QED) is 0.543. The Bertz CT molecular complexity index is 960. The Morgan fingerprint density at radius 2 is 1.86 bits per heavy atom. The molecule has 0 fully saturated rings. The van der Waals surface area contributed by atoms with Crippen LogP contribution in [-0.2, 0) is 17.9 Å². The van der Waals surface area contributed by atoms with E-state index in [-0.39, 0.29) is 31.4 Å². The molecule has 0 radical (unpaired) electrons. The molecule has 8 heteroatoms. The minimum absolute atomic E-state index is 0.187. The lowest BCUT2D eigenvalue weighted by Gasteiger charge is -2.10. The number of furan rings is 1. The fourth-order valence-electron chi connectivity index (χ4n) is 2.47. The van der Waals surface area contributed by atoms with Gasteiger partial charge in [-0.05, 0) is 42.0 Å². The van der Waals surface area contributed by atoms with E-state index >= 15 is 0 Å². The van der Waals surface area contributed by atoms with Crippen LogP contribution in [0, 0.1) is 5.82 Å². The zero-order valence-electron chi connectivity index (χ0n) is 15.5. The normalized spacial score (nSPS) is 10.2. The summed E-state index contributed by atoms with van der Waals surface area (Å²) in [5, 5.41) is 7.75. The summed E-state index contributed by atoms with van der Waals surface area (Å²) < 4.78 is 23.8. The van der Waals surface area contributed by atoms with Crippen molar-refractivity contribution in [3.8, 4) is 5.75 Å². The Hall–Kier alpha value is -3.81. The molecule has 3 amide bonds. The van der Waals surface area contributed by atoms with Crippen molar-refractivity contribution in [2.75, 3.05) is 11.9 Å². The van der Waals surface area contributed by atoms with Crippen LogP contribution >= 0.6 is 0 Å². The number of rotatable bonds is 8. The number of nitrogens with one attached hydrogen (secondary N) is 3. The first-order chi connectivity index (χ1) is 14.1. The Morgan fingerprint density at radius 1 is 1.00 bits per heavy atom. The SMILES string of the molecule is O=C(CNC(=O)NCc1ccco1)Nc1cccc(COc2cccc(F)c2)c1. The first-order valence-electron chi connectivity index (χ1n) is 8.90. The van der Waals surface area contributed by atoms with E-state index in [9.17, 15) is 14.0 Å². The van der Waals surface area contributed by atoms with Gasteiger partial charge in [-0.3, -0.25) is 4.79 Å². The zero-order chi connectivity index (χ0) is 20.5. The molecule has 0 unspecified atom stereocenters. The molecule has 0 spiro atoms. The maximum absolute atomic E-state index is 13.2. The number of carbonyl (C=O) groups excluding carboxylic acids is 2. The van der Waals surface area contributed by atoms with Gasteiger partial charge < -0.3 is 25.1 Å². The lowest BCUT2D eigenvalue weighted by molar-refractivity contribution is -0.115. The smallest absolute Gasteiger partial charge is 0.315 e. The number of halogens is 1. The van der Waals surface area contributed by atoms with Crippen LogP contribution < -0.4 is 20.7 Å². The highest BCUT2D eigenvalue weighted by atomic mass is 19.1. The Labute approximate surface area is 166 Å². The average molecular weight is 397 g/mol. The third kappa shape index (κ3) is 6.69. The van der Waals surface area contributed by atoms with Gasteiger partial charge in [-0.1, -0.05) is 18.2 Å². The van der Waals surface area contributed by atoms with Crippen molar-refractivity contribution in [3.63, 3.8) is 0 Å². The number of hydrogen-bond acceptors (Lipinski definition) is 4. The fraction of sp³-hybridized carbons (Fsp3) is 0.143. The van der Waals surface area contributed by atoms with Gasteiger partial charge in [0.25, 0.3) is 0 Å². The summed E-state index contributed by atoms with van der Waals surface area (Å²) in [5.74, 6) is 0.289. The van der Waals surface area contributed by atoms with Crippen LogP contribution in [0.25, 0.3) is 0 Å². The highest BCUT2D eigenvalue weighted by Gasteiger charge is 2.07. The number of ether oxygens (including phenoxy) is 1. The number of anilines is 1. The van der Waals surface area contributed by atoms with Crippen LogP contribution in [0.15, 0.2) is 71.3 Å². The van der Waals surface area contributed by atoms with Crippen LogP contribution in [0.3, 0.4) is 0 Å². The molecule has 0 saturated carbocycles. The topological polar surface area (TPSA) is 92.6 Å². The fourth-order valence-corrected chi connectivity index (χ4v) is 2.47. The molecule has 0 bridgehead atoms. The molecule has 0 saturated heterocycles. The minimum Gasteiger partial charge on any atom is -0.489 e. The summed E-state index contributed by atoms with van der Waals surface area (Å²) in [6.07, 6.45) is 1.51. The molecule has 1 heterocycles. The van der Waals surface area contributed by atoms with Crippen LogP contribution in [0.1, 0.15) is 11.3 Å². The second kappa shape index (κ2) is 9.93. The van der Waals surface area contributed by atoms with Gasteiger partial charge in [-0.25, -0.2) is 9.18 Å². The van der Waals surface area contributed by atoms with E-state index < -0.39 is 6.03 Å². The first kappa shape index (κ1) is 19.9. The van der Waals surface area contributed by atoms with Crippen molar-refractivity contribution >= 4 is 17.6 Å².